The number of benzene rings is 2. The van der Waals surface area contributed by atoms with Gasteiger partial charge >= 0.3 is 0 Å². The van der Waals surface area contributed by atoms with Crippen molar-refractivity contribution in [2.45, 2.75) is 26.3 Å². The minimum Gasteiger partial charge on any atom is -0.495 e. The third kappa shape index (κ3) is 2.73. The van der Waals surface area contributed by atoms with Crippen molar-refractivity contribution in [3.8, 4) is 5.75 Å². The fourth-order valence-electron chi connectivity index (χ4n) is 3.09. The quantitative estimate of drug-likeness (QED) is 0.878. The highest BCUT2D eigenvalue weighted by Crippen LogP contribution is 2.32. The van der Waals surface area contributed by atoms with E-state index in [4.69, 9.17) is 4.74 Å². The number of methoxy groups -OCH3 is 1. The number of anilines is 2. The van der Waals surface area contributed by atoms with Crippen LogP contribution in [0.15, 0.2) is 42.5 Å². The molecule has 0 radical (unpaired) electrons. The molecule has 0 bridgehead atoms. The van der Waals surface area contributed by atoms with Crippen LogP contribution in [0.25, 0.3) is 0 Å². The van der Waals surface area contributed by atoms with E-state index in [1.807, 2.05) is 56.3 Å². The molecule has 2 aromatic carbocycles. The molecule has 3 rings (SSSR count). The van der Waals surface area contributed by atoms with Crippen LogP contribution in [0.2, 0.25) is 0 Å². The van der Waals surface area contributed by atoms with Gasteiger partial charge in [-0.1, -0.05) is 30.3 Å². The van der Waals surface area contributed by atoms with Crippen LogP contribution in [0.3, 0.4) is 0 Å². The van der Waals surface area contributed by atoms with Crippen LogP contribution < -0.4 is 15.0 Å². The molecule has 2 amide bonds. The fraction of sp³-hybridized carbons (Fsp3) is 0.263. The molecule has 2 aromatic rings. The number of nitrogens with zero attached hydrogens (tertiary/aromatic N) is 1. The normalized spacial score (nSPS) is 17.3. The van der Waals surface area contributed by atoms with Gasteiger partial charge in [0.1, 0.15) is 11.8 Å². The van der Waals surface area contributed by atoms with Crippen molar-refractivity contribution in [2.75, 3.05) is 17.3 Å². The van der Waals surface area contributed by atoms with E-state index in [0.717, 1.165) is 11.1 Å². The minimum absolute atomic E-state index is 0.130. The number of carbonyl (C=O) groups excluding carboxylic acids is 2. The van der Waals surface area contributed by atoms with E-state index in [1.165, 1.54) is 4.90 Å². The summed E-state index contributed by atoms with van der Waals surface area (Å²) >= 11 is 0. The van der Waals surface area contributed by atoms with E-state index in [2.05, 4.69) is 5.32 Å². The average molecular weight is 324 g/mol. The molecule has 1 fully saturated rings. The summed E-state index contributed by atoms with van der Waals surface area (Å²) in [6, 6.07) is 12.5. The number of carbonyl (C=O) groups is 2. The first-order valence-corrected chi connectivity index (χ1v) is 7.85. The highest BCUT2D eigenvalue weighted by Gasteiger charge is 2.40. The summed E-state index contributed by atoms with van der Waals surface area (Å²) in [5.41, 5.74) is 3.22. The van der Waals surface area contributed by atoms with Gasteiger partial charge in [0.25, 0.3) is 5.91 Å². The van der Waals surface area contributed by atoms with Crippen molar-refractivity contribution in [3.63, 3.8) is 0 Å². The molecule has 0 aliphatic carbocycles. The van der Waals surface area contributed by atoms with Crippen LogP contribution in [-0.4, -0.2) is 25.0 Å². The lowest BCUT2D eigenvalue weighted by molar-refractivity contribution is -0.121. The van der Waals surface area contributed by atoms with E-state index in [1.54, 1.807) is 7.11 Å². The molecule has 5 heteroatoms. The van der Waals surface area contributed by atoms with Crippen LogP contribution in [0.5, 0.6) is 5.75 Å². The Morgan fingerprint density at radius 2 is 1.71 bits per heavy atom. The molecule has 1 heterocycles. The topological polar surface area (TPSA) is 58.6 Å². The van der Waals surface area contributed by atoms with Crippen LogP contribution in [0.4, 0.5) is 11.4 Å². The predicted molar refractivity (Wildman–Crippen MR) is 93.4 cm³/mol. The van der Waals surface area contributed by atoms with E-state index < -0.39 is 6.04 Å². The largest absolute Gasteiger partial charge is 0.495 e. The van der Waals surface area contributed by atoms with Crippen LogP contribution in [0.1, 0.15) is 17.5 Å². The maximum atomic E-state index is 12.8. The number of rotatable bonds is 4. The standard InChI is InChI=1S/C19H20N2O3/c1-12-7-6-8-13(2)18(12)21-17(22)11-15(19(21)23)20-14-9-4-5-10-16(14)24-3/h4-10,15,20H,11H2,1-3H3/t15-/m0/s1. The molecule has 0 spiro atoms. The molecule has 1 aliphatic heterocycles. The van der Waals surface area contributed by atoms with Gasteiger partial charge in [0.15, 0.2) is 0 Å². The Hall–Kier alpha value is -2.82. The highest BCUT2D eigenvalue weighted by molar-refractivity contribution is 6.23. The van der Waals surface area contributed by atoms with Gasteiger partial charge in [-0.3, -0.25) is 9.59 Å². The van der Waals surface area contributed by atoms with Gasteiger partial charge in [0.05, 0.1) is 24.9 Å². The lowest BCUT2D eigenvalue weighted by Crippen LogP contribution is -2.35. The van der Waals surface area contributed by atoms with E-state index in [9.17, 15) is 9.59 Å². The SMILES string of the molecule is COc1ccccc1N[C@H]1CC(=O)N(c2c(C)cccc2C)C1=O. The summed E-state index contributed by atoms with van der Waals surface area (Å²) < 4.78 is 5.30. The maximum Gasteiger partial charge on any atom is 0.256 e. The van der Waals surface area contributed by atoms with Gasteiger partial charge in [0, 0.05) is 0 Å². The molecule has 0 saturated carbocycles. The van der Waals surface area contributed by atoms with Crippen molar-refractivity contribution in [1.82, 2.24) is 0 Å². The van der Waals surface area contributed by atoms with Gasteiger partial charge in [0.2, 0.25) is 5.91 Å². The third-order valence-electron chi connectivity index (χ3n) is 4.25. The molecule has 5 nitrogen and oxygen atoms in total. The van der Waals surface area contributed by atoms with Gasteiger partial charge < -0.3 is 10.1 Å². The number of hydrogen-bond acceptors (Lipinski definition) is 4. The minimum atomic E-state index is -0.590. The van der Waals surface area contributed by atoms with Crippen molar-refractivity contribution in [2.24, 2.45) is 0 Å². The first-order chi connectivity index (χ1) is 11.5. The molecule has 0 aromatic heterocycles. The van der Waals surface area contributed by atoms with Gasteiger partial charge in [-0.15, -0.1) is 0 Å². The van der Waals surface area contributed by atoms with Crippen LogP contribution in [0, 0.1) is 13.8 Å². The molecule has 1 atom stereocenters. The summed E-state index contributed by atoms with van der Waals surface area (Å²) in [5, 5.41) is 3.14. The Labute approximate surface area is 141 Å². The fourth-order valence-corrected chi connectivity index (χ4v) is 3.09. The number of nitrogens with one attached hydrogen (secondary N) is 1. The first-order valence-electron chi connectivity index (χ1n) is 7.85. The predicted octanol–water partition coefficient (Wildman–Crippen LogP) is 3.06. The molecule has 124 valence electrons. The number of hydrogen-bond donors (Lipinski definition) is 1. The Kier molecular flexibility index (Phi) is 4.25. The Balaban J connectivity index is 1.90. The molecule has 24 heavy (non-hydrogen) atoms. The summed E-state index contributed by atoms with van der Waals surface area (Å²) in [7, 11) is 1.57. The zero-order chi connectivity index (χ0) is 17.3. The second kappa shape index (κ2) is 6.35. The van der Waals surface area contributed by atoms with Crippen LogP contribution >= 0.6 is 0 Å². The van der Waals surface area contributed by atoms with Crippen LogP contribution in [-0.2, 0) is 9.59 Å². The highest BCUT2D eigenvalue weighted by atomic mass is 16.5. The molecule has 1 aliphatic rings. The average Bonchev–Trinajstić information content (AvgIpc) is 2.83. The smallest absolute Gasteiger partial charge is 0.256 e. The van der Waals surface area contributed by atoms with Crippen molar-refractivity contribution >= 4 is 23.2 Å². The van der Waals surface area contributed by atoms with Crippen molar-refractivity contribution in [1.29, 1.82) is 0 Å². The zero-order valence-corrected chi connectivity index (χ0v) is 14.0. The van der Waals surface area contributed by atoms with E-state index in [-0.39, 0.29) is 18.2 Å². The maximum absolute atomic E-state index is 12.8. The zero-order valence-electron chi connectivity index (χ0n) is 14.0. The Morgan fingerprint density at radius 1 is 1.04 bits per heavy atom. The lowest BCUT2D eigenvalue weighted by atomic mass is 10.1. The molecular weight excluding hydrogens is 304 g/mol. The van der Waals surface area contributed by atoms with E-state index >= 15 is 0 Å². The molecule has 1 saturated heterocycles. The summed E-state index contributed by atoms with van der Waals surface area (Å²) in [5.74, 6) is 0.219. The van der Waals surface area contributed by atoms with Crippen molar-refractivity contribution < 1.29 is 14.3 Å². The Bertz CT molecular complexity index is 781. The second-order valence-electron chi connectivity index (χ2n) is 5.91. The summed E-state index contributed by atoms with van der Waals surface area (Å²) in [6.45, 7) is 3.81. The van der Waals surface area contributed by atoms with Gasteiger partial charge in [-0.2, -0.15) is 0 Å². The first kappa shape index (κ1) is 16.1. The molecule has 1 N–H and O–H groups in total. The monoisotopic (exact) mass is 324 g/mol. The lowest BCUT2D eigenvalue weighted by Gasteiger charge is -2.20. The number of para-hydroxylation sites is 3. The number of amides is 2. The molecular formula is C19H20N2O3. The third-order valence-corrected chi connectivity index (χ3v) is 4.25. The van der Waals surface area contributed by atoms with Gasteiger partial charge in [-0.25, -0.2) is 4.90 Å². The number of ether oxygens (including phenoxy) is 1. The number of aryl methyl sites for hydroxylation is 2. The second-order valence-corrected chi connectivity index (χ2v) is 5.91. The van der Waals surface area contributed by atoms with E-state index in [0.29, 0.717) is 17.1 Å². The van der Waals surface area contributed by atoms with Gasteiger partial charge in [-0.05, 0) is 37.1 Å². The number of imide groups is 1. The summed E-state index contributed by atoms with van der Waals surface area (Å²) in [6.07, 6.45) is 0.130. The van der Waals surface area contributed by atoms with Crippen molar-refractivity contribution in [3.05, 3.63) is 53.6 Å². The Morgan fingerprint density at radius 3 is 2.38 bits per heavy atom. The summed E-state index contributed by atoms with van der Waals surface area (Å²) in [4.78, 5) is 26.6. The molecule has 0 unspecified atom stereocenters.